The van der Waals surface area contributed by atoms with Gasteiger partial charge in [-0.3, -0.25) is 0 Å². The summed E-state index contributed by atoms with van der Waals surface area (Å²) in [6.07, 6.45) is 22.6. The van der Waals surface area contributed by atoms with Crippen molar-refractivity contribution in [2.75, 3.05) is 6.61 Å². The quantitative estimate of drug-likeness (QED) is 0.111. The Bertz CT molecular complexity index is 878. The van der Waals surface area contributed by atoms with Crippen LogP contribution in [0.5, 0.6) is 11.5 Å². The monoisotopic (exact) mass is 520 g/mol. The highest BCUT2D eigenvalue weighted by Crippen LogP contribution is 2.34. The van der Waals surface area contributed by atoms with E-state index >= 15 is 0 Å². The molecule has 1 aliphatic carbocycles. The molecule has 0 aliphatic heterocycles. The van der Waals surface area contributed by atoms with Crippen LogP contribution in [0.3, 0.4) is 0 Å². The van der Waals surface area contributed by atoms with Crippen molar-refractivity contribution in [1.29, 1.82) is 0 Å². The molecule has 1 aliphatic rings. The van der Waals surface area contributed by atoms with Gasteiger partial charge in [-0.15, -0.1) is 0 Å². The second-order valence-corrected chi connectivity index (χ2v) is 11.4. The molecule has 210 valence electrons. The first-order valence-corrected chi connectivity index (χ1v) is 15.7. The van der Waals surface area contributed by atoms with Crippen molar-refractivity contribution in [3.63, 3.8) is 0 Å². The summed E-state index contributed by atoms with van der Waals surface area (Å²) in [6, 6.07) is 15.3. The molecule has 0 bridgehead atoms. The van der Waals surface area contributed by atoms with Crippen LogP contribution in [-0.4, -0.2) is 12.6 Å². The van der Waals surface area contributed by atoms with Crippen molar-refractivity contribution in [2.24, 2.45) is 11.8 Å². The summed E-state index contributed by atoms with van der Waals surface area (Å²) in [7, 11) is 0. The molecule has 0 amide bonds. The molecule has 1 fully saturated rings. The number of carbonyl (C=O) groups excluding carboxylic acids is 1. The minimum absolute atomic E-state index is 0.330. The number of rotatable bonds is 18. The number of aryl methyl sites for hydroxylation is 1. The van der Waals surface area contributed by atoms with Gasteiger partial charge < -0.3 is 9.47 Å². The van der Waals surface area contributed by atoms with Crippen molar-refractivity contribution in [2.45, 2.75) is 123 Å². The molecule has 3 heteroatoms. The fourth-order valence-corrected chi connectivity index (χ4v) is 5.74. The summed E-state index contributed by atoms with van der Waals surface area (Å²) in [5.41, 5.74) is 1.84. The van der Waals surface area contributed by atoms with Gasteiger partial charge in [-0.2, -0.15) is 0 Å². The first-order valence-electron chi connectivity index (χ1n) is 15.7. The summed E-state index contributed by atoms with van der Waals surface area (Å²) in [4.78, 5) is 12.5. The number of hydrogen-bond acceptors (Lipinski definition) is 3. The summed E-state index contributed by atoms with van der Waals surface area (Å²) in [5.74, 6) is 2.94. The largest absolute Gasteiger partial charge is 0.494 e. The van der Waals surface area contributed by atoms with Crippen molar-refractivity contribution in [3.05, 3.63) is 59.7 Å². The number of carbonyl (C=O) groups is 1. The first kappa shape index (κ1) is 30.3. The van der Waals surface area contributed by atoms with Gasteiger partial charge in [-0.25, -0.2) is 4.79 Å². The highest BCUT2D eigenvalue weighted by atomic mass is 16.5. The molecule has 1 saturated carbocycles. The van der Waals surface area contributed by atoms with Gasteiger partial charge in [0.2, 0.25) is 0 Å². The lowest BCUT2D eigenvalue weighted by molar-refractivity contribution is 0.0734. The number of benzene rings is 2. The lowest BCUT2D eigenvalue weighted by Gasteiger charge is -2.28. The van der Waals surface area contributed by atoms with E-state index in [0.717, 1.165) is 37.0 Å². The predicted molar refractivity (Wildman–Crippen MR) is 159 cm³/mol. The summed E-state index contributed by atoms with van der Waals surface area (Å²) >= 11 is 0. The average Bonchev–Trinajstić information content (AvgIpc) is 2.95. The van der Waals surface area contributed by atoms with Crippen LogP contribution in [0.1, 0.15) is 133 Å². The van der Waals surface area contributed by atoms with Crippen LogP contribution in [-0.2, 0) is 6.42 Å². The zero-order chi connectivity index (χ0) is 26.8. The Balaban J connectivity index is 1.28. The maximum absolute atomic E-state index is 12.5. The van der Waals surface area contributed by atoms with E-state index in [-0.39, 0.29) is 5.97 Å². The molecule has 3 rings (SSSR count). The first-order chi connectivity index (χ1) is 18.7. The van der Waals surface area contributed by atoms with Crippen molar-refractivity contribution in [1.82, 2.24) is 0 Å². The zero-order valence-corrected chi connectivity index (χ0v) is 24.2. The predicted octanol–water partition coefficient (Wildman–Crippen LogP) is 10.4. The zero-order valence-electron chi connectivity index (χ0n) is 24.2. The van der Waals surface area contributed by atoms with Gasteiger partial charge >= 0.3 is 5.97 Å². The van der Waals surface area contributed by atoms with Crippen LogP contribution in [0.2, 0.25) is 0 Å². The number of esters is 1. The maximum atomic E-state index is 12.5. The Morgan fingerprint density at radius 1 is 0.658 bits per heavy atom. The number of unbranched alkanes of at least 4 members (excludes halogenated alkanes) is 7. The molecule has 0 unspecified atom stereocenters. The van der Waals surface area contributed by atoms with Gasteiger partial charge in [0.1, 0.15) is 11.5 Å². The molecule has 0 aromatic heterocycles. The van der Waals surface area contributed by atoms with E-state index in [1.54, 1.807) is 12.1 Å². The average molecular weight is 521 g/mol. The summed E-state index contributed by atoms with van der Waals surface area (Å²) in [6.45, 7) is 5.26. The normalized spacial score (nSPS) is 17.3. The summed E-state index contributed by atoms with van der Waals surface area (Å²) < 4.78 is 11.5. The van der Waals surface area contributed by atoms with Crippen LogP contribution in [0.4, 0.5) is 0 Å². The molecule has 0 atom stereocenters. The molecule has 0 spiro atoms. The molecule has 2 aromatic carbocycles. The van der Waals surface area contributed by atoms with E-state index < -0.39 is 0 Å². The van der Waals surface area contributed by atoms with Gasteiger partial charge in [0.15, 0.2) is 0 Å². The third kappa shape index (κ3) is 11.6. The van der Waals surface area contributed by atoms with Crippen LogP contribution < -0.4 is 9.47 Å². The Labute approximate surface area is 232 Å². The molecule has 3 nitrogen and oxygen atoms in total. The molecular formula is C35H52O3. The van der Waals surface area contributed by atoms with Crippen LogP contribution in [0, 0.1) is 11.8 Å². The van der Waals surface area contributed by atoms with Gasteiger partial charge in [-0.1, -0.05) is 109 Å². The summed E-state index contributed by atoms with van der Waals surface area (Å²) in [5, 5.41) is 0. The minimum atomic E-state index is -0.330. The fourth-order valence-electron chi connectivity index (χ4n) is 5.74. The maximum Gasteiger partial charge on any atom is 0.343 e. The third-order valence-electron chi connectivity index (χ3n) is 8.25. The van der Waals surface area contributed by atoms with Crippen LogP contribution in [0.25, 0.3) is 0 Å². The lowest BCUT2D eigenvalue weighted by atomic mass is 9.78. The Morgan fingerprint density at radius 3 is 1.84 bits per heavy atom. The van der Waals surface area contributed by atoms with E-state index in [2.05, 4.69) is 26.0 Å². The molecule has 0 radical (unpaired) electrons. The van der Waals surface area contributed by atoms with Crippen LogP contribution >= 0.6 is 0 Å². The number of ether oxygens (including phenoxy) is 2. The fraction of sp³-hybridized carbons (Fsp3) is 0.629. The Hall–Kier alpha value is -2.29. The molecule has 0 saturated heterocycles. The SMILES string of the molecule is CCCCCCC[C@H]1CC[C@H](CCCOc2ccc(C(=O)Oc3ccc(CCCCCC)cc3)cc2)CC1. The Morgan fingerprint density at radius 2 is 1.21 bits per heavy atom. The highest BCUT2D eigenvalue weighted by molar-refractivity contribution is 5.91. The highest BCUT2D eigenvalue weighted by Gasteiger charge is 2.20. The van der Waals surface area contributed by atoms with Crippen molar-refractivity contribution >= 4 is 5.97 Å². The molecule has 38 heavy (non-hydrogen) atoms. The van der Waals surface area contributed by atoms with Crippen LogP contribution in [0.15, 0.2) is 48.5 Å². The third-order valence-corrected chi connectivity index (χ3v) is 8.25. The molecule has 0 N–H and O–H groups in total. The second kappa shape index (κ2) is 18.1. The van der Waals surface area contributed by atoms with Gasteiger partial charge in [0.05, 0.1) is 12.2 Å². The van der Waals surface area contributed by atoms with E-state index in [9.17, 15) is 4.79 Å². The minimum Gasteiger partial charge on any atom is -0.494 e. The van der Waals surface area contributed by atoms with Crippen molar-refractivity contribution < 1.29 is 14.3 Å². The molecule has 0 heterocycles. The van der Waals surface area contributed by atoms with Crippen molar-refractivity contribution in [3.8, 4) is 11.5 Å². The number of hydrogen-bond donors (Lipinski definition) is 0. The van der Waals surface area contributed by atoms with Gasteiger partial charge in [-0.05, 0) is 79.5 Å². The van der Waals surface area contributed by atoms with Gasteiger partial charge in [0.25, 0.3) is 0 Å². The lowest BCUT2D eigenvalue weighted by Crippen LogP contribution is -2.15. The van der Waals surface area contributed by atoms with Gasteiger partial charge in [0, 0.05) is 0 Å². The second-order valence-electron chi connectivity index (χ2n) is 11.4. The van der Waals surface area contributed by atoms with E-state index in [1.165, 1.54) is 102 Å². The molecular weight excluding hydrogens is 468 g/mol. The topological polar surface area (TPSA) is 35.5 Å². The Kier molecular flexibility index (Phi) is 14.4. The molecule has 2 aromatic rings. The smallest absolute Gasteiger partial charge is 0.343 e. The van der Waals surface area contributed by atoms with E-state index in [1.807, 2.05) is 24.3 Å². The van der Waals surface area contributed by atoms with E-state index in [4.69, 9.17) is 9.47 Å². The van der Waals surface area contributed by atoms with E-state index in [0.29, 0.717) is 11.3 Å². The standard InChI is InChI=1S/C35H52O3/c1-3-5-7-9-11-14-29-16-18-31(19-17-29)15-12-28-37-33-26-22-32(23-27-33)35(36)38-34-24-20-30(21-25-34)13-10-8-6-4-2/h20-27,29,31H,3-19,28H2,1-2H3/t29-,31-.